The van der Waals surface area contributed by atoms with Crippen LogP contribution in [0, 0.1) is 23.7 Å². The number of rotatable bonds is 8. The number of likely N-dealkylation sites (tertiary alicyclic amines) is 1. The van der Waals surface area contributed by atoms with Crippen LogP contribution < -0.4 is 11.1 Å². The van der Waals surface area contributed by atoms with Gasteiger partial charge in [-0.1, -0.05) is 34.6 Å². The highest BCUT2D eigenvalue weighted by Gasteiger charge is 2.39. The van der Waals surface area contributed by atoms with Gasteiger partial charge in [0.2, 0.25) is 17.7 Å². The highest BCUT2D eigenvalue weighted by atomic mass is 16.2. The smallest absolute Gasteiger partial charge is 0.245 e. The van der Waals surface area contributed by atoms with Gasteiger partial charge in [0.05, 0.1) is 6.04 Å². The molecule has 3 atom stereocenters. The van der Waals surface area contributed by atoms with Gasteiger partial charge in [0.15, 0.2) is 0 Å². The number of hydrogen-bond acceptors (Lipinski definition) is 4. The summed E-state index contributed by atoms with van der Waals surface area (Å²) >= 11 is 0. The number of carbonyl (C=O) groups is 3. The van der Waals surface area contributed by atoms with E-state index in [0.717, 1.165) is 25.8 Å². The lowest BCUT2D eigenvalue weighted by Gasteiger charge is -2.42. The minimum atomic E-state index is -0.399. The first-order chi connectivity index (χ1) is 13.6. The Morgan fingerprint density at radius 3 is 2.21 bits per heavy atom. The lowest BCUT2D eigenvalue weighted by molar-refractivity contribution is -0.150. The van der Waals surface area contributed by atoms with E-state index < -0.39 is 6.04 Å². The van der Waals surface area contributed by atoms with Crippen LogP contribution in [0.4, 0.5) is 0 Å². The highest BCUT2D eigenvalue weighted by Crippen LogP contribution is 2.27. The van der Waals surface area contributed by atoms with E-state index in [1.807, 2.05) is 16.7 Å². The molecule has 29 heavy (non-hydrogen) atoms. The number of primary amides is 1. The molecule has 0 saturated carbocycles. The van der Waals surface area contributed by atoms with Crippen molar-refractivity contribution in [2.45, 2.75) is 72.4 Å². The predicted molar refractivity (Wildman–Crippen MR) is 114 cm³/mol. The molecule has 2 heterocycles. The minimum Gasteiger partial charge on any atom is -0.369 e. The Morgan fingerprint density at radius 2 is 1.69 bits per heavy atom. The molecule has 3 amide bonds. The van der Waals surface area contributed by atoms with Crippen LogP contribution in [-0.2, 0) is 14.4 Å². The summed E-state index contributed by atoms with van der Waals surface area (Å²) in [5.41, 5.74) is 5.45. The number of piperidine rings is 1. The molecule has 2 fully saturated rings. The monoisotopic (exact) mass is 408 g/mol. The van der Waals surface area contributed by atoms with E-state index in [-0.39, 0.29) is 35.6 Å². The number of carbonyl (C=O) groups excluding carboxylic acids is 3. The quantitative estimate of drug-likeness (QED) is 0.638. The Kier molecular flexibility index (Phi) is 8.49. The van der Waals surface area contributed by atoms with Crippen molar-refractivity contribution in [3.63, 3.8) is 0 Å². The molecule has 0 spiro atoms. The van der Waals surface area contributed by atoms with Crippen LogP contribution in [-0.4, -0.2) is 65.8 Å². The SMILES string of the molecule is CC(C)C[C@@H]1NCCN([C@@H](CC(C)C)C(=O)N2CCC(C(C)C(N)=O)CC2)C1=O. The normalized spacial score (nSPS) is 23.6. The van der Waals surface area contributed by atoms with Crippen molar-refractivity contribution in [3.8, 4) is 0 Å². The first-order valence-corrected chi connectivity index (χ1v) is 11.2. The molecule has 3 N–H and O–H groups in total. The first-order valence-electron chi connectivity index (χ1n) is 11.2. The summed E-state index contributed by atoms with van der Waals surface area (Å²) in [7, 11) is 0. The number of hydrogen-bond donors (Lipinski definition) is 2. The van der Waals surface area contributed by atoms with E-state index in [2.05, 4.69) is 33.0 Å². The molecule has 2 saturated heterocycles. The maximum Gasteiger partial charge on any atom is 0.245 e. The molecule has 2 aliphatic heterocycles. The molecule has 1 unspecified atom stereocenters. The third kappa shape index (κ3) is 6.17. The van der Waals surface area contributed by atoms with Crippen molar-refractivity contribution >= 4 is 17.7 Å². The van der Waals surface area contributed by atoms with Crippen molar-refractivity contribution < 1.29 is 14.4 Å². The lowest BCUT2D eigenvalue weighted by Crippen LogP contribution is -2.62. The Labute approximate surface area is 175 Å². The second kappa shape index (κ2) is 10.4. The first kappa shape index (κ1) is 23.6. The maximum absolute atomic E-state index is 13.4. The maximum atomic E-state index is 13.4. The molecule has 0 aromatic carbocycles. The van der Waals surface area contributed by atoms with Gasteiger partial charge in [-0.25, -0.2) is 0 Å². The molecule has 0 bridgehead atoms. The van der Waals surface area contributed by atoms with Crippen LogP contribution in [0.5, 0.6) is 0 Å². The molecule has 0 radical (unpaired) electrons. The zero-order chi connectivity index (χ0) is 21.7. The van der Waals surface area contributed by atoms with E-state index in [0.29, 0.717) is 37.9 Å². The Bertz CT molecular complexity index is 585. The van der Waals surface area contributed by atoms with Gasteiger partial charge in [-0.2, -0.15) is 0 Å². The lowest BCUT2D eigenvalue weighted by atomic mass is 9.84. The van der Waals surface area contributed by atoms with E-state index in [1.54, 1.807) is 0 Å². The van der Waals surface area contributed by atoms with Crippen LogP contribution in [0.25, 0.3) is 0 Å². The van der Waals surface area contributed by atoms with Gasteiger partial charge in [0.1, 0.15) is 6.04 Å². The zero-order valence-corrected chi connectivity index (χ0v) is 18.8. The number of piperazine rings is 1. The largest absolute Gasteiger partial charge is 0.369 e. The average Bonchev–Trinajstić information content (AvgIpc) is 2.66. The molecule has 2 aliphatic rings. The van der Waals surface area contributed by atoms with Gasteiger partial charge in [0.25, 0.3) is 0 Å². The average molecular weight is 409 g/mol. The number of nitrogens with zero attached hydrogens (tertiary/aromatic N) is 2. The molecule has 2 rings (SSSR count). The molecule has 0 aliphatic carbocycles. The van der Waals surface area contributed by atoms with Crippen molar-refractivity contribution in [2.75, 3.05) is 26.2 Å². The van der Waals surface area contributed by atoms with Crippen LogP contribution >= 0.6 is 0 Å². The molecule has 166 valence electrons. The molecule has 0 aromatic heterocycles. The standard InChI is InChI=1S/C22H40N4O3/c1-14(2)12-18-21(28)26(11-8-24-18)19(13-15(3)4)22(29)25-9-6-17(7-10-25)16(5)20(23)27/h14-19,24H,6-13H2,1-5H3,(H2,23,27)/t16?,18-,19-/m0/s1. The van der Waals surface area contributed by atoms with Crippen molar-refractivity contribution in [1.29, 1.82) is 0 Å². The van der Waals surface area contributed by atoms with Gasteiger partial charge >= 0.3 is 0 Å². The van der Waals surface area contributed by atoms with Gasteiger partial charge in [0, 0.05) is 32.1 Å². The Balaban J connectivity index is 2.08. The molecular weight excluding hydrogens is 368 g/mol. The molecule has 7 nitrogen and oxygen atoms in total. The highest BCUT2D eigenvalue weighted by molar-refractivity contribution is 5.90. The van der Waals surface area contributed by atoms with Crippen molar-refractivity contribution in [2.24, 2.45) is 29.4 Å². The molecule has 0 aromatic rings. The van der Waals surface area contributed by atoms with Gasteiger partial charge in [-0.3, -0.25) is 14.4 Å². The van der Waals surface area contributed by atoms with Crippen LogP contribution in [0.2, 0.25) is 0 Å². The summed E-state index contributed by atoms with van der Waals surface area (Å²) in [6.45, 7) is 12.9. The summed E-state index contributed by atoms with van der Waals surface area (Å²) in [4.78, 5) is 41.8. The zero-order valence-electron chi connectivity index (χ0n) is 18.8. The summed E-state index contributed by atoms with van der Waals surface area (Å²) in [5, 5.41) is 3.33. The van der Waals surface area contributed by atoms with Gasteiger partial charge in [-0.05, 0) is 43.4 Å². The summed E-state index contributed by atoms with van der Waals surface area (Å²) in [5.74, 6) is 0.657. The summed E-state index contributed by atoms with van der Waals surface area (Å²) < 4.78 is 0. The van der Waals surface area contributed by atoms with Crippen LogP contribution in [0.3, 0.4) is 0 Å². The predicted octanol–water partition coefficient (Wildman–Crippen LogP) is 1.61. The minimum absolute atomic E-state index is 0.0567. The summed E-state index contributed by atoms with van der Waals surface area (Å²) in [6.07, 6.45) is 3.04. The third-order valence-electron chi connectivity index (χ3n) is 6.39. The van der Waals surface area contributed by atoms with Crippen LogP contribution in [0.1, 0.15) is 60.3 Å². The second-order valence-electron chi connectivity index (χ2n) is 9.67. The molecular formula is C22H40N4O3. The van der Waals surface area contributed by atoms with E-state index >= 15 is 0 Å². The van der Waals surface area contributed by atoms with Gasteiger partial charge in [-0.15, -0.1) is 0 Å². The Hall–Kier alpha value is -1.63. The van der Waals surface area contributed by atoms with Crippen molar-refractivity contribution in [1.82, 2.24) is 15.1 Å². The second-order valence-corrected chi connectivity index (χ2v) is 9.67. The van der Waals surface area contributed by atoms with Gasteiger partial charge < -0.3 is 20.9 Å². The van der Waals surface area contributed by atoms with Crippen LogP contribution in [0.15, 0.2) is 0 Å². The topological polar surface area (TPSA) is 95.7 Å². The number of nitrogens with two attached hydrogens (primary N) is 1. The fraction of sp³-hybridized carbons (Fsp3) is 0.864. The van der Waals surface area contributed by atoms with E-state index in [4.69, 9.17) is 5.73 Å². The number of nitrogens with one attached hydrogen (secondary N) is 1. The van der Waals surface area contributed by atoms with Crippen molar-refractivity contribution in [3.05, 3.63) is 0 Å². The summed E-state index contributed by atoms with van der Waals surface area (Å²) in [6, 6.07) is -0.599. The van der Waals surface area contributed by atoms with E-state index in [1.165, 1.54) is 0 Å². The Morgan fingerprint density at radius 1 is 1.07 bits per heavy atom. The number of amides is 3. The third-order valence-corrected chi connectivity index (χ3v) is 6.39. The fourth-order valence-corrected chi connectivity index (χ4v) is 4.59. The fourth-order valence-electron chi connectivity index (χ4n) is 4.59. The molecule has 7 heteroatoms. The van der Waals surface area contributed by atoms with E-state index in [9.17, 15) is 14.4 Å².